The molecule has 0 N–H and O–H groups in total. The molecule has 164 valence electrons. The van der Waals surface area contributed by atoms with Crippen LogP contribution in [0.5, 0.6) is 11.5 Å². The average Bonchev–Trinajstić information content (AvgIpc) is 2.78. The summed E-state index contributed by atoms with van der Waals surface area (Å²) in [5, 5.41) is 5.03. The second-order valence-electron chi connectivity index (χ2n) is 7.55. The van der Waals surface area contributed by atoms with Crippen molar-refractivity contribution in [2.45, 2.75) is 52.6 Å². The quantitative estimate of drug-likeness (QED) is 0.381. The average molecular weight is 486 g/mol. The van der Waals surface area contributed by atoms with Crippen molar-refractivity contribution in [2.75, 3.05) is 7.11 Å². The van der Waals surface area contributed by atoms with E-state index in [0.717, 1.165) is 22.9 Å². The summed E-state index contributed by atoms with van der Waals surface area (Å²) in [7, 11) is 1.61. The summed E-state index contributed by atoms with van der Waals surface area (Å²) in [6.45, 7) is 8.20. The molecule has 2 aromatic carbocycles. The minimum absolute atomic E-state index is 0.0822. The van der Waals surface area contributed by atoms with Crippen molar-refractivity contribution in [3.05, 3.63) is 62.6 Å². The van der Waals surface area contributed by atoms with Crippen molar-refractivity contribution in [3.63, 3.8) is 0 Å². The van der Waals surface area contributed by atoms with E-state index in [0.29, 0.717) is 28.2 Å². The molecule has 0 aliphatic carbocycles. The Kier molecular flexibility index (Phi) is 7.49. The number of ether oxygens (including phenoxy) is 2. The molecule has 3 aromatic rings. The van der Waals surface area contributed by atoms with E-state index in [1.165, 1.54) is 4.68 Å². The van der Waals surface area contributed by atoms with Crippen LogP contribution in [0.15, 0.2) is 50.8 Å². The zero-order valence-electron chi connectivity index (χ0n) is 18.6. The molecule has 0 unspecified atom stereocenters. The van der Waals surface area contributed by atoms with Gasteiger partial charge in [-0.15, -0.1) is 0 Å². The number of benzene rings is 2. The Morgan fingerprint density at radius 1 is 1.13 bits per heavy atom. The molecule has 7 heteroatoms. The van der Waals surface area contributed by atoms with E-state index in [1.54, 1.807) is 19.4 Å². The number of nitrogens with zero attached hydrogens (tertiary/aromatic N) is 3. The van der Waals surface area contributed by atoms with Gasteiger partial charge in [-0.25, -0.2) is 4.98 Å². The van der Waals surface area contributed by atoms with Gasteiger partial charge in [-0.1, -0.05) is 36.7 Å². The van der Waals surface area contributed by atoms with E-state index in [-0.39, 0.29) is 17.6 Å². The van der Waals surface area contributed by atoms with Gasteiger partial charge in [0.2, 0.25) is 0 Å². The van der Waals surface area contributed by atoms with Crippen LogP contribution in [0.2, 0.25) is 0 Å². The maximum Gasteiger partial charge on any atom is 0.282 e. The molecule has 3 rings (SSSR count). The number of fused-ring (bicyclic) bond motifs is 1. The van der Waals surface area contributed by atoms with Crippen molar-refractivity contribution in [2.24, 2.45) is 5.10 Å². The first-order valence-electron chi connectivity index (χ1n) is 10.5. The number of methoxy groups -OCH3 is 1. The summed E-state index contributed by atoms with van der Waals surface area (Å²) < 4.78 is 13.6. The van der Waals surface area contributed by atoms with Gasteiger partial charge in [0.25, 0.3) is 5.56 Å². The van der Waals surface area contributed by atoms with Crippen molar-refractivity contribution < 1.29 is 9.47 Å². The summed E-state index contributed by atoms with van der Waals surface area (Å²) in [6, 6.07) is 11.1. The van der Waals surface area contributed by atoms with Crippen LogP contribution in [0, 0.1) is 0 Å². The summed E-state index contributed by atoms with van der Waals surface area (Å²) >= 11 is 3.43. The number of halogens is 1. The largest absolute Gasteiger partial charge is 0.493 e. The number of aromatic nitrogens is 2. The molecule has 0 spiro atoms. The fourth-order valence-electron chi connectivity index (χ4n) is 3.07. The van der Waals surface area contributed by atoms with Crippen LogP contribution in [-0.4, -0.2) is 29.1 Å². The normalized spacial score (nSPS) is 13.5. The van der Waals surface area contributed by atoms with E-state index in [4.69, 9.17) is 14.5 Å². The van der Waals surface area contributed by atoms with E-state index in [1.807, 2.05) is 44.2 Å². The highest BCUT2D eigenvalue weighted by atomic mass is 79.9. The lowest BCUT2D eigenvalue weighted by Gasteiger charge is -2.16. The fourth-order valence-corrected chi connectivity index (χ4v) is 3.43. The lowest BCUT2D eigenvalue weighted by atomic mass is 10.1. The Morgan fingerprint density at radius 3 is 2.58 bits per heavy atom. The molecule has 31 heavy (non-hydrogen) atoms. The number of rotatable bonds is 8. The standard InChI is InChI=1S/C24H28BrN3O3/c1-6-15(3)23-27-20-10-9-18(25)13-19(20)24(29)28(23)26-14-17-8-11-21(22(12-17)30-5)31-16(4)7-2/h8-16H,6-7H2,1-5H3/t15-,16+/m0/s1. The summed E-state index contributed by atoms with van der Waals surface area (Å²) in [5.74, 6) is 2.03. The van der Waals surface area contributed by atoms with Gasteiger partial charge in [0, 0.05) is 10.4 Å². The molecule has 1 aromatic heterocycles. The van der Waals surface area contributed by atoms with Gasteiger partial charge in [0.1, 0.15) is 5.82 Å². The molecule has 0 radical (unpaired) electrons. The topological polar surface area (TPSA) is 65.7 Å². The monoisotopic (exact) mass is 485 g/mol. The maximum absolute atomic E-state index is 13.2. The molecule has 0 saturated carbocycles. The second-order valence-corrected chi connectivity index (χ2v) is 8.46. The van der Waals surface area contributed by atoms with Gasteiger partial charge in [-0.05, 0) is 61.7 Å². The Bertz CT molecular complexity index is 1160. The Hall–Kier alpha value is -2.67. The summed E-state index contributed by atoms with van der Waals surface area (Å²) in [5.41, 5.74) is 1.27. The van der Waals surface area contributed by atoms with Gasteiger partial charge in [0.05, 0.1) is 30.3 Å². The lowest BCUT2D eigenvalue weighted by Crippen LogP contribution is -2.23. The zero-order chi connectivity index (χ0) is 22.5. The van der Waals surface area contributed by atoms with E-state index in [2.05, 4.69) is 34.9 Å². The van der Waals surface area contributed by atoms with E-state index in [9.17, 15) is 4.79 Å². The van der Waals surface area contributed by atoms with Crippen LogP contribution >= 0.6 is 15.9 Å². The zero-order valence-corrected chi connectivity index (χ0v) is 20.1. The third-order valence-electron chi connectivity index (χ3n) is 5.30. The minimum atomic E-state index is -0.193. The van der Waals surface area contributed by atoms with E-state index < -0.39 is 0 Å². The first kappa shape index (κ1) is 23.0. The van der Waals surface area contributed by atoms with Gasteiger partial charge in [0.15, 0.2) is 11.5 Å². The van der Waals surface area contributed by atoms with Crippen LogP contribution in [0.3, 0.4) is 0 Å². The van der Waals surface area contributed by atoms with Crippen molar-refractivity contribution in [1.82, 2.24) is 9.66 Å². The predicted octanol–water partition coefficient (Wildman–Crippen LogP) is 5.74. The molecule has 1 heterocycles. The summed E-state index contributed by atoms with van der Waals surface area (Å²) in [4.78, 5) is 18.0. The Labute approximate surface area is 191 Å². The SMILES string of the molecule is CC[C@@H](C)Oc1ccc(C=Nn2c([C@@H](C)CC)nc3ccc(Br)cc3c2=O)cc1OC. The van der Waals surface area contributed by atoms with Crippen LogP contribution in [0.1, 0.15) is 57.8 Å². The smallest absolute Gasteiger partial charge is 0.282 e. The van der Waals surface area contributed by atoms with Gasteiger partial charge < -0.3 is 9.47 Å². The minimum Gasteiger partial charge on any atom is -0.493 e. The van der Waals surface area contributed by atoms with Crippen LogP contribution < -0.4 is 15.0 Å². The van der Waals surface area contributed by atoms with Gasteiger partial charge in [-0.3, -0.25) is 4.79 Å². The molecule has 0 aliphatic rings. The molecule has 2 atom stereocenters. The third kappa shape index (κ3) is 5.15. The van der Waals surface area contributed by atoms with Gasteiger partial charge >= 0.3 is 0 Å². The second kappa shape index (κ2) is 10.1. The molecule has 0 amide bonds. The molecule has 0 bridgehead atoms. The lowest BCUT2D eigenvalue weighted by molar-refractivity contribution is 0.207. The van der Waals surface area contributed by atoms with E-state index >= 15 is 0 Å². The third-order valence-corrected chi connectivity index (χ3v) is 5.79. The summed E-state index contributed by atoms with van der Waals surface area (Å²) in [6.07, 6.45) is 3.49. The first-order valence-corrected chi connectivity index (χ1v) is 11.3. The van der Waals surface area contributed by atoms with Crippen molar-refractivity contribution in [3.8, 4) is 11.5 Å². The number of hydrogen-bond acceptors (Lipinski definition) is 5. The number of hydrogen-bond donors (Lipinski definition) is 0. The highest BCUT2D eigenvalue weighted by Crippen LogP contribution is 2.29. The fraction of sp³-hybridized carbons (Fsp3) is 0.375. The Balaban J connectivity index is 2.06. The molecular formula is C24H28BrN3O3. The van der Waals surface area contributed by atoms with Crippen LogP contribution in [-0.2, 0) is 0 Å². The van der Waals surface area contributed by atoms with Crippen LogP contribution in [0.4, 0.5) is 0 Å². The first-order chi connectivity index (χ1) is 14.9. The highest BCUT2D eigenvalue weighted by molar-refractivity contribution is 9.10. The van der Waals surface area contributed by atoms with Crippen LogP contribution in [0.25, 0.3) is 10.9 Å². The highest BCUT2D eigenvalue weighted by Gasteiger charge is 2.16. The molecule has 0 aliphatic heterocycles. The van der Waals surface area contributed by atoms with Gasteiger partial charge in [-0.2, -0.15) is 9.78 Å². The molecular weight excluding hydrogens is 458 g/mol. The van der Waals surface area contributed by atoms with Crippen molar-refractivity contribution >= 4 is 33.0 Å². The Morgan fingerprint density at radius 2 is 1.90 bits per heavy atom. The maximum atomic E-state index is 13.2. The van der Waals surface area contributed by atoms with Crippen molar-refractivity contribution in [1.29, 1.82) is 0 Å². The molecule has 6 nitrogen and oxygen atoms in total. The molecule has 0 fully saturated rings. The predicted molar refractivity (Wildman–Crippen MR) is 129 cm³/mol. The molecule has 0 saturated heterocycles.